The Kier molecular flexibility index (Phi) is 3.26. The second kappa shape index (κ2) is 4.55. The van der Waals surface area contributed by atoms with E-state index < -0.39 is 12.1 Å². The Hall–Kier alpha value is -1.26. The van der Waals surface area contributed by atoms with Crippen molar-refractivity contribution >= 4 is 5.82 Å². The van der Waals surface area contributed by atoms with Crippen LogP contribution in [0.3, 0.4) is 0 Å². The van der Waals surface area contributed by atoms with Gasteiger partial charge >= 0.3 is 6.18 Å². The topological polar surface area (TPSA) is 16.1 Å². The van der Waals surface area contributed by atoms with Gasteiger partial charge in [0.25, 0.3) is 0 Å². The van der Waals surface area contributed by atoms with Crippen LogP contribution in [0.1, 0.15) is 18.4 Å². The van der Waals surface area contributed by atoms with E-state index in [2.05, 4.69) is 4.98 Å². The first-order valence-electron chi connectivity index (χ1n) is 5.71. The molecule has 0 aromatic carbocycles. The van der Waals surface area contributed by atoms with E-state index in [9.17, 15) is 13.2 Å². The first-order valence-corrected chi connectivity index (χ1v) is 5.71. The van der Waals surface area contributed by atoms with E-state index in [0.29, 0.717) is 13.1 Å². The Morgan fingerprint density at radius 3 is 2.35 bits per heavy atom. The Morgan fingerprint density at radius 1 is 1.24 bits per heavy atom. The first-order chi connectivity index (χ1) is 7.97. The number of nitrogens with zero attached hydrogens (tertiary/aromatic N) is 2. The molecule has 5 heteroatoms. The summed E-state index contributed by atoms with van der Waals surface area (Å²) in [6.07, 6.45) is -1.98. The van der Waals surface area contributed by atoms with Crippen molar-refractivity contribution in [2.75, 3.05) is 18.0 Å². The van der Waals surface area contributed by atoms with Crippen LogP contribution in [-0.2, 0) is 0 Å². The molecule has 0 amide bonds. The summed E-state index contributed by atoms with van der Waals surface area (Å²) in [4.78, 5) is 6.15. The molecule has 1 aliphatic heterocycles. The molecule has 0 N–H and O–H groups in total. The van der Waals surface area contributed by atoms with Crippen LogP contribution < -0.4 is 4.90 Å². The number of alkyl halides is 3. The molecule has 0 spiro atoms. The van der Waals surface area contributed by atoms with E-state index in [4.69, 9.17) is 0 Å². The smallest absolute Gasteiger partial charge is 0.357 e. The molecule has 1 fully saturated rings. The van der Waals surface area contributed by atoms with Gasteiger partial charge in [-0.3, -0.25) is 0 Å². The highest BCUT2D eigenvalue weighted by Crippen LogP contribution is 2.34. The minimum absolute atomic E-state index is 0.166. The molecule has 1 aromatic heterocycles. The van der Waals surface area contributed by atoms with Gasteiger partial charge in [0.2, 0.25) is 0 Å². The number of piperidine rings is 1. The van der Waals surface area contributed by atoms with Crippen molar-refractivity contribution in [2.24, 2.45) is 5.92 Å². The highest BCUT2D eigenvalue weighted by Gasteiger charge is 2.41. The fraction of sp³-hybridized carbons (Fsp3) is 0.583. The summed E-state index contributed by atoms with van der Waals surface area (Å²) in [6.45, 7) is 2.80. The Balaban J connectivity index is 1.97. The molecule has 0 saturated carbocycles. The lowest BCUT2D eigenvalue weighted by molar-refractivity contribution is -0.179. The number of halogens is 3. The molecular formula is C12H15F3N2. The van der Waals surface area contributed by atoms with Gasteiger partial charge in [0.15, 0.2) is 0 Å². The van der Waals surface area contributed by atoms with Crippen LogP contribution in [-0.4, -0.2) is 24.2 Å². The van der Waals surface area contributed by atoms with Crippen LogP contribution in [0.5, 0.6) is 0 Å². The zero-order chi connectivity index (χ0) is 12.5. The number of hydrogen-bond acceptors (Lipinski definition) is 2. The van der Waals surface area contributed by atoms with Crippen molar-refractivity contribution in [3.8, 4) is 0 Å². The second-order valence-corrected chi connectivity index (χ2v) is 4.50. The number of anilines is 1. The van der Waals surface area contributed by atoms with Gasteiger partial charge in [-0.15, -0.1) is 0 Å². The Morgan fingerprint density at radius 2 is 1.88 bits per heavy atom. The summed E-state index contributed by atoms with van der Waals surface area (Å²) < 4.78 is 37.5. The van der Waals surface area contributed by atoms with Crippen LogP contribution in [0.4, 0.5) is 19.0 Å². The lowest BCUT2D eigenvalue weighted by Gasteiger charge is -2.33. The van der Waals surface area contributed by atoms with Crippen molar-refractivity contribution in [3.05, 3.63) is 23.9 Å². The van der Waals surface area contributed by atoms with Crippen molar-refractivity contribution < 1.29 is 13.2 Å². The highest BCUT2D eigenvalue weighted by molar-refractivity contribution is 5.39. The standard InChI is InChI=1S/C12H15F3N2/c1-9-2-3-11(16-8-9)17-6-4-10(5-7-17)12(13,14)15/h2-3,8,10H,4-7H2,1H3. The SMILES string of the molecule is Cc1ccc(N2CCC(C(F)(F)F)CC2)nc1. The number of aromatic nitrogens is 1. The third kappa shape index (κ3) is 2.90. The monoisotopic (exact) mass is 244 g/mol. The molecule has 0 radical (unpaired) electrons. The number of rotatable bonds is 1. The number of aryl methyl sites for hydroxylation is 1. The zero-order valence-electron chi connectivity index (χ0n) is 9.67. The van der Waals surface area contributed by atoms with Crippen molar-refractivity contribution in [3.63, 3.8) is 0 Å². The number of pyridine rings is 1. The maximum atomic E-state index is 12.5. The molecule has 2 nitrogen and oxygen atoms in total. The number of hydrogen-bond donors (Lipinski definition) is 0. The fourth-order valence-electron chi connectivity index (χ4n) is 2.08. The third-order valence-electron chi connectivity index (χ3n) is 3.18. The summed E-state index contributed by atoms with van der Waals surface area (Å²) in [6, 6.07) is 3.79. The molecule has 2 rings (SSSR count). The quantitative estimate of drug-likeness (QED) is 0.754. The average Bonchev–Trinajstić information content (AvgIpc) is 2.29. The summed E-state index contributed by atoms with van der Waals surface area (Å²) in [5.41, 5.74) is 1.05. The molecule has 0 atom stereocenters. The maximum Gasteiger partial charge on any atom is 0.391 e. The van der Waals surface area contributed by atoms with E-state index in [-0.39, 0.29) is 12.8 Å². The Labute approximate surface area is 98.5 Å². The molecular weight excluding hydrogens is 229 g/mol. The predicted molar refractivity (Wildman–Crippen MR) is 60.0 cm³/mol. The van der Waals surface area contributed by atoms with Gasteiger partial charge in [0.05, 0.1) is 5.92 Å². The van der Waals surface area contributed by atoms with E-state index in [1.165, 1.54) is 0 Å². The molecule has 1 aromatic rings. The van der Waals surface area contributed by atoms with Gasteiger partial charge in [-0.25, -0.2) is 4.98 Å². The van der Waals surface area contributed by atoms with Crippen LogP contribution >= 0.6 is 0 Å². The zero-order valence-corrected chi connectivity index (χ0v) is 9.67. The summed E-state index contributed by atoms with van der Waals surface area (Å²) in [5.74, 6) is -0.375. The van der Waals surface area contributed by atoms with E-state index in [1.54, 1.807) is 6.20 Å². The van der Waals surface area contributed by atoms with Crippen LogP contribution in [0, 0.1) is 12.8 Å². The average molecular weight is 244 g/mol. The molecule has 0 aliphatic carbocycles. The molecule has 94 valence electrons. The molecule has 0 bridgehead atoms. The van der Waals surface area contributed by atoms with Gasteiger partial charge < -0.3 is 4.90 Å². The minimum atomic E-state index is -4.05. The van der Waals surface area contributed by atoms with Crippen molar-refractivity contribution in [1.82, 2.24) is 4.98 Å². The minimum Gasteiger partial charge on any atom is -0.357 e. The largest absolute Gasteiger partial charge is 0.391 e. The maximum absolute atomic E-state index is 12.5. The van der Waals surface area contributed by atoms with E-state index >= 15 is 0 Å². The molecule has 1 aliphatic rings. The predicted octanol–water partition coefficient (Wildman–Crippen LogP) is 3.17. The summed E-state index contributed by atoms with van der Waals surface area (Å²) >= 11 is 0. The van der Waals surface area contributed by atoms with Gasteiger partial charge in [-0.2, -0.15) is 13.2 Å². The van der Waals surface area contributed by atoms with Crippen LogP contribution in [0.25, 0.3) is 0 Å². The molecule has 0 unspecified atom stereocenters. The van der Waals surface area contributed by atoms with E-state index in [0.717, 1.165) is 11.4 Å². The lowest BCUT2D eigenvalue weighted by atomic mass is 9.96. The van der Waals surface area contributed by atoms with E-state index in [1.807, 2.05) is 24.0 Å². The van der Waals surface area contributed by atoms with Crippen molar-refractivity contribution in [1.29, 1.82) is 0 Å². The lowest BCUT2D eigenvalue weighted by Crippen LogP contribution is -2.39. The third-order valence-corrected chi connectivity index (χ3v) is 3.18. The highest BCUT2D eigenvalue weighted by atomic mass is 19.4. The molecule has 17 heavy (non-hydrogen) atoms. The van der Waals surface area contributed by atoms with Gasteiger partial charge in [-0.05, 0) is 31.4 Å². The van der Waals surface area contributed by atoms with Gasteiger partial charge in [-0.1, -0.05) is 6.07 Å². The summed E-state index contributed by atoms with van der Waals surface area (Å²) in [5, 5.41) is 0. The normalized spacial score (nSPS) is 18.5. The molecule has 2 heterocycles. The first kappa shape index (κ1) is 12.2. The second-order valence-electron chi connectivity index (χ2n) is 4.50. The Bertz CT molecular complexity index is 364. The summed E-state index contributed by atoms with van der Waals surface area (Å²) in [7, 11) is 0. The van der Waals surface area contributed by atoms with Gasteiger partial charge in [0.1, 0.15) is 5.82 Å². The van der Waals surface area contributed by atoms with Crippen LogP contribution in [0.2, 0.25) is 0 Å². The van der Waals surface area contributed by atoms with Gasteiger partial charge in [0, 0.05) is 19.3 Å². The van der Waals surface area contributed by atoms with Crippen molar-refractivity contribution in [2.45, 2.75) is 25.9 Å². The molecule has 1 saturated heterocycles. The fourth-order valence-corrected chi connectivity index (χ4v) is 2.08. The van der Waals surface area contributed by atoms with Crippen LogP contribution in [0.15, 0.2) is 18.3 Å².